The Kier molecular flexibility index (Phi) is 4.69. The SMILES string of the molecule is O=C(Nc1cccc(Br)c1)NC1CCSc2ccc(F)cc21. The van der Waals surface area contributed by atoms with Crippen LogP contribution in [0.25, 0.3) is 0 Å². The molecule has 2 amide bonds. The zero-order valence-corrected chi connectivity index (χ0v) is 14.0. The number of hydrogen-bond donors (Lipinski definition) is 2. The number of carbonyl (C=O) groups is 1. The minimum Gasteiger partial charge on any atom is -0.331 e. The predicted octanol–water partition coefficient (Wildman–Crippen LogP) is 4.95. The summed E-state index contributed by atoms with van der Waals surface area (Å²) >= 11 is 5.05. The molecule has 1 heterocycles. The van der Waals surface area contributed by atoms with Gasteiger partial charge in [0.25, 0.3) is 0 Å². The quantitative estimate of drug-likeness (QED) is 0.773. The van der Waals surface area contributed by atoms with Crippen molar-refractivity contribution in [2.24, 2.45) is 0 Å². The van der Waals surface area contributed by atoms with Crippen LogP contribution in [0.3, 0.4) is 0 Å². The van der Waals surface area contributed by atoms with Crippen LogP contribution in [0.2, 0.25) is 0 Å². The van der Waals surface area contributed by atoms with Crippen LogP contribution in [-0.4, -0.2) is 11.8 Å². The molecule has 2 N–H and O–H groups in total. The maximum atomic E-state index is 13.5. The van der Waals surface area contributed by atoms with Crippen molar-refractivity contribution in [3.05, 3.63) is 58.3 Å². The second-order valence-corrected chi connectivity index (χ2v) is 7.03. The highest BCUT2D eigenvalue weighted by Gasteiger charge is 2.22. The van der Waals surface area contributed by atoms with Crippen molar-refractivity contribution in [1.29, 1.82) is 0 Å². The Morgan fingerprint density at radius 1 is 1.27 bits per heavy atom. The van der Waals surface area contributed by atoms with Crippen LogP contribution in [0.5, 0.6) is 0 Å². The molecular weight excluding hydrogens is 367 g/mol. The van der Waals surface area contributed by atoms with Gasteiger partial charge in [-0.2, -0.15) is 0 Å². The predicted molar refractivity (Wildman–Crippen MR) is 90.8 cm³/mol. The highest BCUT2D eigenvalue weighted by molar-refractivity contribution is 9.10. The van der Waals surface area contributed by atoms with Crippen LogP contribution in [0.4, 0.5) is 14.9 Å². The van der Waals surface area contributed by atoms with E-state index in [1.54, 1.807) is 17.8 Å². The van der Waals surface area contributed by atoms with E-state index >= 15 is 0 Å². The normalized spacial score (nSPS) is 16.7. The van der Waals surface area contributed by atoms with Gasteiger partial charge in [0, 0.05) is 20.8 Å². The van der Waals surface area contributed by atoms with E-state index in [1.807, 2.05) is 24.3 Å². The van der Waals surface area contributed by atoms with Crippen LogP contribution < -0.4 is 10.6 Å². The molecule has 0 saturated heterocycles. The van der Waals surface area contributed by atoms with Crippen molar-refractivity contribution in [2.45, 2.75) is 17.4 Å². The summed E-state index contributed by atoms with van der Waals surface area (Å²) in [6.07, 6.45) is 0.785. The summed E-state index contributed by atoms with van der Waals surface area (Å²) < 4.78 is 14.3. The van der Waals surface area contributed by atoms with Gasteiger partial charge in [0.05, 0.1) is 6.04 Å². The van der Waals surface area contributed by atoms with Gasteiger partial charge in [-0.3, -0.25) is 0 Å². The van der Waals surface area contributed by atoms with Crippen LogP contribution in [0.1, 0.15) is 18.0 Å². The topological polar surface area (TPSA) is 41.1 Å². The average Bonchev–Trinajstić information content (AvgIpc) is 2.48. The molecule has 22 heavy (non-hydrogen) atoms. The molecule has 0 saturated carbocycles. The third-order valence-electron chi connectivity index (χ3n) is 3.40. The lowest BCUT2D eigenvalue weighted by Crippen LogP contribution is -2.34. The van der Waals surface area contributed by atoms with E-state index < -0.39 is 0 Å². The first-order valence-corrected chi connectivity index (χ1v) is 8.65. The van der Waals surface area contributed by atoms with Crippen molar-refractivity contribution in [3.8, 4) is 0 Å². The second-order valence-electron chi connectivity index (χ2n) is 4.98. The Hall–Kier alpha value is -1.53. The first kappa shape index (κ1) is 15.4. The lowest BCUT2D eigenvalue weighted by atomic mass is 10.0. The van der Waals surface area contributed by atoms with E-state index in [1.165, 1.54) is 12.1 Å². The number of halogens is 2. The van der Waals surface area contributed by atoms with Gasteiger partial charge in [-0.15, -0.1) is 11.8 Å². The van der Waals surface area contributed by atoms with E-state index in [-0.39, 0.29) is 17.9 Å². The second kappa shape index (κ2) is 6.71. The number of benzene rings is 2. The number of thioether (sulfide) groups is 1. The minimum atomic E-state index is -0.287. The third-order valence-corrected chi connectivity index (χ3v) is 5.02. The summed E-state index contributed by atoms with van der Waals surface area (Å²) in [5.41, 5.74) is 1.55. The maximum absolute atomic E-state index is 13.5. The fourth-order valence-corrected chi connectivity index (χ4v) is 3.91. The van der Waals surface area contributed by atoms with E-state index in [0.717, 1.165) is 27.1 Å². The molecule has 0 radical (unpaired) electrons. The molecule has 0 spiro atoms. The number of urea groups is 1. The number of nitrogens with one attached hydrogen (secondary N) is 2. The van der Waals surface area contributed by atoms with E-state index in [9.17, 15) is 9.18 Å². The number of anilines is 1. The molecule has 2 aromatic rings. The Morgan fingerprint density at radius 2 is 2.14 bits per heavy atom. The van der Waals surface area contributed by atoms with Crippen LogP contribution in [-0.2, 0) is 0 Å². The van der Waals surface area contributed by atoms with Crippen LogP contribution >= 0.6 is 27.7 Å². The first-order valence-electron chi connectivity index (χ1n) is 6.87. The summed E-state index contributed by atoms with van der Waals surface area (Å²) in [7, 11) is 0. The Bertz CT molecular complexity index is 710. The van der Waals surface area contributed by atoms with Crippen molar-refractivity contribution in [2.75, 3.05) is 11.1 Å². The fraction of sp³-hybridized carbons (Fsp3) is 0.188. The number of rotatable bonds is 2. The van der Waals surface area contributed by atoms with Crippen molar-refractivity contribution < 1.29 is 9.18 Å². The van der Waals surface area contributed by atoms with Gasteiger partial charge in [-0.1, -0.05) is 22.0 Å². The molecule has 1 aliphatic rings. The minimum absolute atomic E-state index is 0.167. The number of fused-ring (bicyclic) bond motifs is 1. The summed E-state index contributed by atoms with van der Waals surface area (Å²) in [6, 6.07) is 11.7. The number of hydrogen-bond acceptors (Lipinski definition) is 2. The zero-order valence-electron chi connectivity index (χ0n) is 11.6. The molecule has 0 bridgehead atoms. The molecule has 1 atom stereocenters. The molecular formula is C16H14BrFN2OS. The van der Waals surface area contributed by atoms with Crippen molar-refractivity contribution in [1.82, 2.24) is 5.32 Å². The monoisotopic (exact) mass is 380 g/mol. The standard InChI is InChI=1S/C16H14BrFN2OS/c17-10-2-1-3-12(8-10)19-16(21)20-14-6-7-22-15-5-4-11(18)9-13(14)15/h1-5,8-9,14H,6-7H2,(H2,19,20,21). The van der Waals surface area contributed by atoms with E-state index in [0.29, 0.717) is 5.69 Å². The van der Waals surface area contributed by atoms with Gasteiger partial charge in [0.1, 0.15) is 5.82 Å². The lowest BCUT2D eigenvalue weighted by Gasteiger charge is -2.26. The van der Waals surface area contributed by atoms with E-state index in [2.05, 4.69) is 26.6 Å². The molecule has 0 aliphatic carbocycles. The Morgan fingerprint density at radius 3 is 2.95 bits per heavy atom. The largest absolute Gasteiger partial charge is 0.331 e. The van der Waals surface area contributed by atoms with Crippen molar-refractivity contribution >= 4 is 39.4 Å². The molecule has 0 aromatic heterocycles. The van der Waals surface area contributed by atoms with Gasteiger partial charge in [0.15, 0.2) is 0 Å². The Labute approximate surface area is 140 Å². The smallest absolute Gasteiger partial charge is 0.319 e. The van der Waals surface area contributed by atoms with Gasteiger partial charge in [-0.05, 0) is 48.4 Å². The van der Waals surface area contributed by atoms with Gasteiger partial charge < -0.3 is 10.6 Å². The fourth-order valence-electron chi connectivity index (χ4n) is 2.41. The Balaban J connectivity index is 1.71. The molecule has 3 nitrogen and oxygen atoms in total. The number of amides is 2. The highest BCUT2D eigenvalue weighted by atomic mass is 79.9. The zero-order chi connectivity index (χ0) is 15.5. The van der Waals surface area contributed by atoms with E-state index in [4.69, 9.17) is 0 Å². The molecule has 0 fully saturated rings. The average molecular weight is 381 g/mol. The van der Waals surface area contributed by atoms with Crippen LogP contribution in [0, 0.1) is 5.82 Å². The molecule has 1 unspecified atom stereocenters. The molecule has 2 aromatic carbocycles. The summed E-state index contributed by atoms with van der Waals surface area (Å²) in [5.74, 6) is 0.626. The van der Waals surface area contributed by atoms with Gasteiger partial charge in [0.2, 0.25) is 0 Å². The summed E-state index contributed by atoms with van der Waals surface area (Å²) in [4.78, 5) is 13.2. The van der Waals surface area contributed by atoms with Gasteiger partial charge in [-0.25, -0.2) is 9.18 Å². The molecule has 6 heteroatoms. The maximum Gasteiger partial charge on any atom is 0.319 e. The number of carbonyl (C=O) groups excluding carboxylic acids is 1. The third kappa shape index (κ3) is 3.62. The first-order chi connectivity index (χ1) is 10.6. The molecule has 114 valence electrons. The molecule has 3 rings (SSSR count). The summed E-state index contributed by atoms with van der Waals surface area (Å²) in [5, 5.41) is 5.72. The lowest BCUT2D eigenvalue weighted by molar-refractivity contribution is 0.248. The van der Waals surface area contributed by atoms with Crippen molar-refractivity contribution in [3.63, 3.8) is 0 Å². The highest BCUT2D eigenvalue weighted by Crippen LogP contribution is 2.36. The summed E-state index contributed by atoms with van der Waals surface area (Å²) in [6.45, 7) is 0. The molecule has 1 aliphatic heterocycles. The van der Waals surface area contributed by atoms with Crippen LogP contribution in [0.15, 0.2) is 51.8 Å². The van der Waals surface area contributed by atoms with Gasteiger partial charge >= 0.3 is 6.03 Å².